The van der Waals surface area contributed by atoms with Crippen LogP contribution < -0.4 is 5.32 Å². The zero-order valence-corrected chi connectivity index (χ0v) is 13.0. The molecule has 116 valence electrons. The smallest absolute Gasteiger partial charge is 0.323 e. The number of nitrogens with one attached hydrogen (secondary N) is 1. The maximum atomic E-state index is 12.1. The van der Waals surface area contributed by atoms with Crippen LogP contribution in [0.3, 0.4) is 0 Å². The predicted octanol–water partition coefficient (Wildman–Crippen LogP) is 1.71. The first-order valence-corrected chi connectivity index (χ1v) is 7.81. The topological polar surface area (TPSA) is 58.6 Å². The number of hydrogen-bond donors (Lipinski definition) is 1. The number of likely N-dealkylation sites (tertiary alicyclic amines) is 1. The van der Waals surface area contributed by atoms with Crippen molar-refractivity contribution in [2.75, 3.05) is 19.7 Å². The Labute approximate surface area is 122 Å². The van der Waals surface area contributed by atoms with Crippen molar-refractivity contribution in [3.8, 4) is 0 Å². The van der Waals surface area contributed by atoms with E-state index in [1.807, 2.05) is 11.8 Å². The Kier molecular flexibility index (Phi) is 7.59. The number of carbonyl (C=O) groups excluding carboxylic acids is 2. The van der Waals surface area contributed by atoms with E-state index in [1.165, 1.54) is 0 Å². The fraction of sp³-hybridized carbons (Fsp3) is 0.867. The Hall–Kier alpha value is -1.10. The van der Waals surface area contributed by atoms with Gasteiger partial charge in [0.05, 0.1) is 12.6 Å². The van der Waals surface area contributed by atoms with E-state index < -0.39 is 0 Å². The fourth-order valence-electron chi connectivity index (χ4n) is 2.63. The van der Waals surface area contributed by atoms with Crippen LogP contribution in [0.15, 0.2) is 0 Å². The maximum absolute atomic E-state index is 12.1. The molecule has 0 aliphatic carbocycles. The first kappa shape index (κ1) is 17.0. The Bertz CT molecular complexity index is 320. The molecule has 5 heteroatoms. The number of unbranched alkanes of at least 4 members (excludes halogenated alkanes) is 2. The Morgan fingerprint density at radius 2 is 2.10 bits per heavy atom. The maximum Gasteiger partial charge on any atom is 0.323 e. The molecule has 1 heterocycles. The van der Waals surface area contributed by atoms with Gasteiger partial charge < -0.3 is 10.1 Å². The molecule has 20 heavy (non-hydrogen) atoms. The van der Waals surface area contributed by atoms with Gasteiger partial charge in [-0.2, -0.15) is 0 Å². The van der Waals surface area contributed by atoms with E-state index in [4.69, 9.17) is 4.74 Å². The van der Waals surface area contributed by atoms with Crippen LogP contribution in [0.4, 0.5) is 0 Å². The van der Waals surface area contributed by atoms with Gasteiger partial charge in [-0.15, -0.1) is 0 Å². The number of esters is 1. The Balaban J connectivity index is 2.45. The predicted molar refractivity (Wildman–Crippen MR) is 78.4 cm³/mol. The lowest BCUT2D eigenvalue weighted by Crippen LogP contribution is -2.50. The monoisotopic (exact) mass is 284 g/mol. The van der Waals surface area contributed by atoms with Gasteiger partial charge >= 0.3 is 5.97 Å². The Morgan fingerprint density at radius 1 is 1.35 bits per heavy atom. The minimum absolute atomic E-state index is 0.0114. The van der Waals surface area contributed by atoms with Gasteiger partial charge in [0.2, 0.25) is 5.91 Å². The molecule has 2 atom stereocenters. The molecule has 1 saturated heterocycles. The second-order valence-corrected chi connectivity index (χ2v) is 5.32. The van der Waals surface area contributed by atoms with Crippen LogP contribution in [0.25, 0.3) is 0 Å². The lowest BCUT2D eigenvalue weighted by Gasteiger charge is -2.28. The Morgan fingerprint density at radius 3 is 2.75 bits per heavy atom. The van der Waals surface area contributed by atoms with Crippen molar-refractivity contribution >= 4 is 11.9 Å². The average Bonchev–Trinajstić information content (AvgIpc) is 2.92. The van der Waals surface area contributed by atoms with E-state index in [9.17, 15) is 9.59 Å². The van der Waals surface area contributed by atoms with Gasteiger partial charge in [-0.3, -0.25) is 14.5 Å². The summed E-state index contributed by atoms with van der Waals surface area (Å²) in [6.45, 7) is 7.70. The molecule has 0 bridgehead atoms. The SMILES string of the molecule is CCCCCNC(=O)C(C)N1CCCC1C(=O)OCC. The van der Waals surface area contributed by atoms with Gasteiger partial charge in [-0.05, 0) is 39.7 Å². The van der Waals surface area contributed by atoms with Gasteiger partial charge in [-0.25, -0.2) is 0 Å². The minimum Gasteiger partial charge on any atom is -0.465 e. The van der Waals surface area contributed by atoms with Crippen molar-refractivity contribution in [3.63, 3.8) is 0 Å². The summed E-state index contributed by atoms with van der Waals surface area (Å²) in [5.74, 6) is -0.187. The summed E-state index contributed by atoms with van der Waals surface area (Å²) >= 11 is 0. The quantitative estimate of drug-likeness (QED) is 0.544. The number of nitrogens with zero attached hydrogens (tertiary/aromatic N) is 1. The molecule has 1 rings (SSSR count). The second-order valence-electron chi connectivity index (χ2n) is 5.32. The molecule has 1 amide bonds. The first-order valence-electron chi connectivity index (χ1n) is 7.81. The van der Waals surface area contributed by atoms with E-state index >= 15 is 0 Å². The van der Waals surface area contributed by atoms with E-state index in [2.05, 4.69) is 12.2 Å². The van der Waals surface area contributed by atoms with Crippen LogP contribution in [-0.2, 0) is 14.3 Å². The van der Waals surface area contributed by atoms with Crippen molar-refractivity contribution in [3.05, 3.63) is 0 Å². The highest BCUT2D eigenvalue weighted by molar-refractivity contribution is 5.83. The third-order valence-corrected chi connectivity index (χ3v) is 3.81. The van der Waals surface area contributed by atoms with Crippen LogP contribution >= 0.6 is 0 Å². The lowest BCUT2D eigenvalue weighted by molar-refractivity contribution is -0.149. The zero-order valence-electron chi connectivity index (χ0n) is 13.0. The summed E-state index contributed by atoms with van der Waals surface area (Å²) < 4.78 is 5.09. The van der Waals surface area contributed by atoms with E-state index in [0.29, 0.717) is 6.61 Å². The van der Waals surface area contributed by atoms with Gasteiger partial charge in [0.15, 0.2) is 0 Å². The number of amides is 1. The normalized spacial score (nSPS) is 20.6. The van der Waals surface area contributed by atoms with E-state index in [0.717, 1.165) is 45.2 Å². The van der Waals surface area contributed by atoms with Crippen molar-refractivity contribution in [2.45, 2.75) is 65.0 Å². The molecule has 1 aliphatic rings. The van der Waals surface area contributed by atoms with Crippen LogP contribution in [0.5, 0.6) is 0 Å². The average molecular weight is 284 g/mol. The first-order chi connectivity index (χ1) is 9.61. The van der Waals surface area contributed by atoms with Gasteiger partial charge in [0.1, 0.15) is 6.04 Å². The molecular formula is C15H28N2O3. The second kappa shape index (κ2) is 8.95. The molecule has 0 aromatic rings. The molecule has 0 spiro atoms. The third-order valence-electron chi connectivity index (χ3n) is 3.81. The third kappa shape index (κ3) is 4.78. The molecule has 5 nitrogen and oxygen atoms in total. The molecule has 0 saturated carbocycles. The molecule has 0 aromatic carbocycles. The van der Waals surface area contributed by atoms with E-state index in [1.54, 1.807) is 6.92 Å². The van der Waals surface area contributed by atoms with Gasteiger partial charge in [0, 0.05) is 6.54 Å². The van der Waals surface area contributed by atoms with Crippen LogP contribution in [-0.4, -0.2) is 48.6 Å². The van der Waals surface area contributed by atoms with Crippen LogP contribution in [0, 0.1) is 0 Å². The van der Waals surface area contributed by atoms with Crippen molar-refractivity contribution in [2.24, 2.45) is 0 Å². The standard InChI is InChI=1S/C15H28N2O3/c1-4-6-7-10-16-14(18)12(3)17-11-8-9-13(17)15(19)20-5-2/h12-13H,4-11H2,1-3H3,(H,16,18). The van der Waals surface area contributed by atoms with Crippen molar-refractivity contribution in [1.29, 1.82) is 0 Å². The molecule has 2 unspecified atom stereocenters. The molecule has 0 aromatic heterocycles. The highest BCUT2D eigenvalue weighted by Crippen LogP contribution is 2.21. The summed E-state index contributed by atoms with van der Waals surface area (Å²) in [5, 5.41) is 2.95. The molecular weight excluding hydrogens is 256 g/mol. The molecule has 1 aliphatic heterocycles. The largest absolute Gasteiger partial charge is 0.465 e. The zero-order chi connectivity index (χ0) is 15.0. The number of ether oxygens (including phenoxy) is 1. The van der Waals surface area contributed by atoms with Crippen molar-refractivity contribution in [1.82, 2.24) is 10.2 Å². The molecule has 1 N–H and O–H groups in total. The number of carbonyl (C=O) groups is 2. The van der Waals surface area contributed by atoms with Gasteiger partial charge in [0.25, 0.3) is 0 Å². The highest BCUT2D eigenvalue weighted by atomic mass is 16.5. The summed E-state index contributed by atoms with van der Waals surface area (Å²) in [6.07, 6.45) is 5.01. The summed E-state index contributed by atoms with van der Waals surface area (Å²) in [7, 11) is 0. The number of rotatable bonds is 8. The van der Waals surface area contributed by atoms with E-state index in [-0.39, 0.29) is 24.0 Å². The van der Waals surface area contributed by atoms with Crippen molar-refractivity contribution < 1.29 is 14.3 Å². The molecule has 1 fully saturated rings. The molecule has 0 radical (unpaired) electrons. The van der Waals surface area contributed by atoms with Crippen LogP contribution in [0.1, 0.15) is 52.9 Å². The van der Waals surface area contributed by atoms with Crippen LogP contribution in [0.2, 0.25) is 0 Å². The summed E-state index contributed by atoms with van der Waals surface area (Å²) in [6, 6.07) is -0.528. The lowest BCUT2D eigenvalue weighted by atomic mass is 10.2. The minimum atomic E-state index is -0.270. The summed E-state index contributed by atoms with van der Waals surface area (Å²) in [4.78, 5) is 26.0. The number of hydrogen-bond acceptors (Lipinski definition) is 4. The van der Waals surface area contributed by atoms with Gasteiger partial charge in [-0.1, -0.05) is 19.8 Å². The fourth-order valence-corrected chi connectivity index (χ4v) is 2.63. The highest BCUT2D eigenvalue weighted by Gasteiger charge is 2.37. The summed E-state index contributed by atoms with van der Waals surface area (Å²) in [5.41, 5.74) is 0.